The molecule has 0 spiro atoms. The summed E-state index contributed by atoms with van der Waals surface area (Å²) in [5, 5.41) is 3.10. The molecule has 1 aromatic carbocycles. The van der Waals surface area contributed by atoms with Crippen LogP contribution in [-0.4, -0.2) is 34.1 Å². The first-order valence-electron chi connectivity index (χ1n) is 9.53. The van der Waals surface area contributed by atoms with Gasteiger partial charge >= 0.3 is 5.97 Å². The normalized spacial score (nSPS) is 15.3. The standard InChI is InChI=1S/C20H25N3O4/c1-3-21-18(24)13(2)27-20(26)14-9-10-15-16(12-14)22-17-8-6-4-5-7-11-23(17)19(15)25/h9-10,12-13H,3-8,11H2,1-2H3,(H,21,24)/t13-/m0/s1. The van der Waals surface area contributed by atoms with Gasteiger partial charge in [0.15, 0.2) is 6.10 Å². The number of hydrogen-bond donors (Lipinski definition) is 1. The number of likely N-dealkylation sites (N-methyl/N-ethyl adjacent to an activating group) is 1. The van der Waals surface area contributed by atoms with Crippen LogP contribution in [0.5, 0.6) is 0 Å². The Labute approximate surface area is 157 Å². The second-order valence-corrected chi connectivity index (χ2v) is 6.82. The largest absolute Gasteiger partial charge is 0.449 e. The van der Waals surface area contributed by atoms with E-state index in [0.29, 0.717) is 24.0 Å². The van der Waals surface area contributed by atoms with E-state index in [-0.39, 0.29) is 17.0 Å². The highest BCUT2D eigenvalue weighted by Crippen LogP contribution is 2.17. The number of aromatic nitrogens is 2. The van der Waals surface area contributed by atoms with E-state index in [1.54, 1.807) is 29.7 Å². The van der Waals surface area contributed by atoms with E-state index in [1.165, 1.54) is 6.92 Å². The molecule has 0 unspecified atom stereocenters. The van der Waals surface area contributed by atoms with Gasteiger partial charge in [-0.3, -0.25) is 14.2 Å². The van der Waals surface area contributed by atoms with Crippen LogP contribution in [0, 0.1) is 0 Å². The average molecular weight is 371 g/mol. The summed E-state index contributed by atoms with van der Waals surface area (Å²) in [7, 11) is 0. The Balaban J connectivity index is 1.90. The van der Waals surface area contributed by atoms with Gasteiger partial charge in [-0.25, -0.2) is 9.78 Å². The number of hydrogen-bond acceptors (Lipinski definition) is 5. The van der Waals surface area contributed by atoms with Crippen molar-refractivity contribution in [3.05, 3.63) is 39.9 Å². The van der Waals surface area contributed by atoms with Gasteiger partial charge in [0.2, 0.25) is 0 Å². The monoisotopic (exact) mass is 371 g/mol. The van der Waals surface area contributed by atoms with Crippen molar-refractivity contribution >= 4 is 22.8 Å². The van der Waals surface area contributed by atoms with E-state index in [2.05, 4.69) is 10.3 Å². The molecule has 0 radical (unpaired) electrons. The number of fused-ring (bicyclic) bond motifs is 2. The van der Waals surface area contributed by atoms with Gasteiger partial charge in [0.25, 0.3) is 11.5 Å². The SMILES string of the molecule is CCNC(=O)[C@H](C)OC(=O)c1ccc2c(=O)n3c(nc2c1)CCCCCC3. The highest BCUT2D eigenvalue weighted by atomic mass is 16.5. The predicted octanol–water partition coefficient (Wildman–Crippen LogP) is 2.19. The van der Waals surface area contributed by atoms with Crippen LogP contribution in [0.3, 0.4) is 0 Å². The van der Waals surface area contributed by atoms with Crippen LogP contribution in [-0.2, 0) is 22.5 Å². The van der Waals surface area contributed by atoms with Crippen LogP contribution in [0.15, 0.2) is 23.0 Å². The van der Waals surface area contributed by atoms with Crippen molar-refractivity contribution in [1.29, 1.82) is 0 Å². The molecule has 0 saturated carbocycles. The third-order valence-corrected chi connectivity index (χ3v) is 4.81. The first-order valence-corrected chi connectivity index (χ1v) is 9.53. The second-order valence-electron chi connectivity index (χ2n) is 6.82. The van der Waals surface area contributed by atoms with Gasteiger partial charge in [-0.2, -0.15) is 0 Å². The number of esters is 1. The van der Waals surface area contributed by atoms with E-state index in [4.69, 9.17) is 4.74 Å². The topological polar surface area (TPSA) is 90.3 Å². The first-order chi connectivity index (χ1) is 13.0. The lowest BCUT2D eigenvalue weighted by molar-refractivity contribution is -0.128. The van der Waals surface area contributed by atoms with Crippen molar-refractivity contribution < 1.29 is 14.3 Å². The number of carbonyl (C=O) groups is 2. The van der Waals surface area contributed by atoms with Crippen LogP contribution >= 0.6 is 0 Å². The van der Waals surface area contributed by atoms with Gasteiger partial charge in [0.05, 0.1) is 16.5 Å². The fourth-order valence-electron chi connectivity index (χ4n) is 3.32. The molecule has 144 valence electrons. The van der Waals surface area contributed by atoms with Gasteiger partial charge in [-0.15, -0.1) is 0 Å². The molecule has 1 amide bonds. The lowest BCUT2D eigenvalue weighted by Gasteiger charge is -2.16. The number of amides is 1. The Morgan fingerprint density at radius 1 is 1.26 bits per heavy atom. The fourth-order valence-corrected chi connectivity index (χ4v) is 3.32. The van der Waals surface area contributed by atoms with Crippen LogP contribution in [0.2, 0.25) is 0 Å². The van der Waals surface area contributed by atoms with Crippen LogP contribution in [0.1, 0.15) is 55.7 Å². The molecule has 7 heteroatoms. The number of nitrogens with one attached hydrogen (secondary N) is 1. The molecule has 1 aliphatic heterocycles. The van der Waals surface area contributed by atoms with Gasteiger partial charge in [0, 0.05) is 19.5 Å². The molecule has 0 aliphatic carbocycles. The zero-order chi connectivity index (χ0) is 19.4. The summed E-state index contributed by atoms with van der Waals surface area (Å²) in [6.07, 6.45) is 4.11. The molecule has 27 heavy (non-hydrogen) atoms. The third-order valence-electron chi connectivity index (χ3n) is 4.81. The smallest absolute Gasteiger partial charge is 0.338 e. The Hall–Kier alpha value is -2.70. The minimum atomic E-state index is -0.887. The molecule has 1 N–H and O–H groups in total. The van der Waals surface area contributed by atoms with Crippen molar-refractivity contribution in [2.45, 2.75) is 58.6 Å². The Morgan fingerprint density at radius 3 is 2.81 bits per heavy atom. The average Bonchev–Trinajstić information content (AvgIpc) is 2.63. The number of aryl methyl sites for hydroxylation is 1. The van der Waals surface area contributed by atoms with E-state index >= 15 is 0 Å². The van der Waals surface area contributed by atoms with E-state index in [1.807, 2.05) is 0 Å². The molecule has 1 atom stereocenters. The molecule has 0 bridgehead atoms. The number of carbonyl (C=O) groups excluding carboxylic acids is 2. The lowest BCUT2D eigenvalue weighted by atomic mass is 10.1. The van der Waals surface area contributed by atoms with Crippen LogP contribution in [0.4, 0.5) is 0 Å². The number of rotatable bonds is 4. The fraction of sp³-hybridized carbons (Fsp3) is 0.500. The molecule has 7 nitrogen and oxygen atoms in total. The van der Waals surface area contributed by atoms with Crippen molar-refractivity contribution in [3.8, 4) is 0 Å². The number of ether oxygens (including phenoxy) is 1. The summed E-state index contributed by atoms with van der Waals surface area (Å²) in [6.45, 7) is 4.48. The van der Waals surface area contributed by atoms with E-state index in [9.17, 15) is 14.4 Å². The molecule has 3 rings (SSSR count). The van der Waals surface area contributed by atoms with E-state index < -0.39 is 12.1 Å². The first kappa shape index (κ1) is 19.1. The van der Waals surface area contributed by atoms with E-state index in [0.717, 1.165) is 37.9 Å². The van der Waals surface area contributed by atoms with Gasteiger partial charge in [-0.1, -0.05) is 12.8 Å². The molecule has 0 fully saturated rings. The Bertz CT molecular complexity index is 919. The molecule has 2 heterocycles. The summed E-state index contributed by atoms with van der Waals surface area (Å²) in [6, 6.07) is 4.74. The molecular weight excluding hydrogens is 346 g/mol. The third kappa shape index (κ3) is 4.18. The van der Waals surface area contributed by atoms with Crippen LogP contribution < -0.4 is 10.9 Å². The van der Waals surface area contributed by atoms with Crippen molar-refractivity contribution in [1.82, 2.24) is 14.9 Å². The molecule has 1 aliphatic rings. The maximum Gasteiger partial charge on any atom is 0.338 e. The molecular formula is C20H25N3O4. The summed E-state index contributed by atoms with van der Waals surface area (Å²) in [4.78, 5) is 41.6. The Kier molecular flexibility index (Phi) is 5.88. The number of benzene rings is 1. The predicted molar refractivity (Wildman–Crippen MR) is 102 cm³/mol. The number of nitrogens with zero attached hydrogens (tertiary/aromatic N) is 2. The van der Waals surface area contributed by atoms with Crippen molar-refractivity contribution in [3.63, 3.8) is 0 Å². The summed E-state index contributed by atoms with van der Waals surface area (Å²) >= 11 is 0. The second kappa shape index (κ2) is 8.33. The lowest BCUT2D eigenvalue weighted by Crippen LogP contribution is -2.35. The molecule has 2 aromatic rings. The molecule has 0 saturated heterocycles. The highest BCUT2D eigenvalue weighted by Gasteiger charge is 2.20. The van der Waals surface area contributed by atoms with Gasteiger partial charge in [0.1, 0.15) is 5.82 Å². The van der Waals surface area contributed by atoms with Gasteiger partial charge in [-0.05, 0) is 44.9 Å². The van der Waals surface area contributed by atoms with Crippen LogP contribution in [0.25, 0.3) is 10.9 Å². The Morgan fingerprint density at radius 2 is 2.04 bits per heavy atom. The maximum atomic E-state index is 12.8. The van der Waals surface area contributed by atoms with Crippen molar-refractivity contribution in [2.75, 3.05) is 6.54 Å². The quantitative estimate of drug-likeness (QED) is 0.832. The summed E-state index contributed by atoms with van der Waals surface area (Å²) < 4.78 is 6.98. The highest BCUT2D eigenvalue weighted by molar-refractivity contribution is 5.95. The van der Waals surface area contributed by atoms with Gasteiger partial charge < -0.3 is 10.1 Å². The minimum Gasteiger partial charge on any atom is -0.449 e. The molecule has 1 aromatic heterocycles. The maximum absolute atomic E-state index is 12.8. The minimum absolute atomic E-state index is 0.0625. The zero-order valence-electron chi connectivity index (χ0n) is 15.8. The summed E-state index contributed by atoms with van der Waals surface area (Å²) in [5.41, 5.74) is 0.709. The summed E-state index contributed by atoms with van der Waals surface area (Å²) in [5.74, 6) is -0.179. The zero-order valence-corrected chi connectivity index (χ0v) is 15.8. The van der Waals surface area contributed by atoms with Crippen molar-refractivity contribution in [2.24, 2.45) is 0 Å².